The maximum absolute atomic E-state index is 12.0. The van der Waals surface area contributed by atoms with Crippen molar-refractivity contribution in [3.05, 3.63) is 29.8 Å². The SMILES string of the molecule is CN(CCC(=O)O)S(=O)(=O)Nc1ccc(C(C)(C)C)cc1. The Balaban J connectivity index is 2.77. The van der Waals surface area contributed by atoms with Crippen LogP contribution in [0.25, 0.3) is 0 Å². The Hall–Kier alpha value is -1.60. The molecule has 21 heavy (non-hydrogen) atoms. The number of aliphatic carboxylic acids is 1. The number of carboxylic acid groups (broad SMARTS) is 1. The molecule has 0 saturated heterocycles. The Kier molecular flexibility index (Phi) is 5.36. The molecule has 0 bridgehead atoms. The predicted molar refractivity (Wildman–Crippen MR) is 82.6 cm³/mol. The highest BCUT2D eigenvalue weighted by Crippen LogP contribution is 2.23. The zero-order chi connectivity index (χ0) is 16.3. The minimum Gasteiger partial charge on any atom is -0.481 e. The van der Waals surface area contributed by atoms with Crippen molar-refractivity contribution in [2.45, 2.75) is 32.6 Å². The molecule has 0 amide bonds. The van der Waals surface area contributed by atoms with Gasteiger partial charge >= 0.3 is 16.2 Å². The van der Waals surface area contributed by atoms with Crippen LogP contribution < -0.4 is 4.72 Å². The molecule has 1 aromatic rings. The lowest BCUT2D eigenvalue weighted by Crippen LogP contribution is -2.34. The summed E-state index contributed by atoms with van der Waals surface area (Å²) in [5.74, 6) is -1.04. The van der Waals surface area contributed by atoms with Crippen molar-refractivity contribution >= 4 is 21.9 Å². The zero-order valence-corrected chi connectivity index (χ0v) is 13.6. The summed E-state index contributed by atoms with van der Waals surface area (Å²) in [4.78, 5) is 10.5. The van der Waals surface area contributed by atoms with E-state index in [4.69, 9.17) is 5.11 Å². The normalized spacial score (nSPS) is 12.4. The van der Waals surface area contributed by atoms with Crippen LogP contribution in [0.4, 0.5) is 5.69 Å². The lowest BCUT2D eigenvalue weighted by Gasteiger charge is -2.20. The molecule has 7 heteroatoms. The molecule has 6 nitrogen and oxygen atoms in total. The molecule has 2 N–H and O–H groups in total. The first-order chi connectivity index (χ1) is 9.52. The van der Waals surface area contributed by atoms with Gasteiger partial charge in [0.15, 0.2) is 0 Å². The molecule has 0 aromatic heterocycles. The Labute approximate surface area is 126 Å². The molecule has 0 radical (unpaired) electrons. The second-order valence-electron chi connectivity index (χ2n) is 5.90. The molecule has 0 aliphatic heterocycles. The van der Waals surface area contributed by atoms with Gasteiger partial charge in [0.05, 0.1) is 6.42 Å². The molecular formula is C14H22N2O4S. The molecule has 0 heterocycles. The van der Waals surface area contributed by atoms with Crippen molar-refractivity contribution in [2.75, 3.05) is 18.3 Å². The van der Waals surface area contributed by atoms with Crippen molar-refractivity contribution < 1.29 is 18.3 Å². The highest BCUT2D eigenvalue weighted by atomic mass is 32.2. The fourth-order valence-corrected chi connectivity index (χ4v) is 2.56. The summed E-state index contributed by atoms with van der Waals surface area (Å²) < 4.78 is 27.4. The van der Waals surface area contributed by atoms with E-state index in [0.29, 0.717) is 5.69 Å². The molecule has 0 saturated carbocycles. The monoisotopic (exact) mass is 314 g/mol. The van der Waals surface area contributed by atoms with E-state index in [0.717, 1.165) is 9.87 Å². The molecular weight excluding hydrogens is 292 g/mol. The van der Waals surface area contributed by atoms with E-state index in [9.17, 15) is 13.2 Å². The van der Waals surface area contributed by atoms with Crippen molar-refractivity contribution in [3.8, 4) is 0 Å². The van der Waals surface area contributed by atoms with Gasteiger partial charge in [-0.2, -0.15) is 12.7 Å². The first kappa shape index (κ1) is 17.5. The third-order valence-electron chi connectivity index (χ3n) is 3.05. The van der Waals surface area contributed by atoms with Gasteiger partial charge in [0, 0.05) is 19.3 Å². The van der Waals surface area contributed by atoms with Crippen molar-refractivity contribution in [2.24, 2.45) is 0 Å². The van der Waals surface area contributed by atoms with Crippen LogP contribution in [0.1, 0.15) is 32.8 Å². The third kappa shape index (κ3) is 5.35. The summed E-state index contributed by atoms with van der Waals surface area (Å²) in [6.45, 7) is 6.15. The van der Waals surface area contributed by atoms with Crippen LogP contribution in [0, 0.1) is 0 Å². The van der Waals surface area contributed by atoms with Gasteiger partial charge in [-0.25, -0.2) is 0 Å². The summed E-state index contributed by atoms with van der Waals surface area (Å²) >= 11 is 0. The number of carboxylic acids is 1. The minimum atomic E-state index is -3.74. The van der Waals surface area contributed by atoms with Gasteiger partial charge in [-0.15, -0.1) is 0 Å². The maximum Gasteiger partial charge on any atom is 0.304 e. The quantitative estimate of drug-likeness (QED) is 0.841. The molecule has 1 rings (SSSR count). The van der Waals surface area contributed by atoms with Gasteiger partial charge in [0.2, 0.25) is 0 Å². The van der Waals surface area contributed by atoms with E-state index >= 15 is 0 Å². The van der Waals surface area contributed by atoms with Crippen LogP contribution in [-0.2, 0) is 20.4 Å². The summed E-state index contributed by atoms with van der Waals surface area (Å²) in [5.41, 5.74) is 1.55. The van der Waals surface area contributed by atoms with E-state index in [1.165, 1.54) is 7.05 Å². The molecule has 118 valence electrons. The maximum atomic E-state index is 12.0. The van der Waals surface area contributed by atoms with Crippen LogP contribution in [0.5, 0.6) is 0 Å². The van der Waals surface area contributed by atoms with Crippen molar-refractivity contribution in [1.29, 1.82) is 0 Å². The smallest absolute Gasteiger partial charge is 0.304 e. The van der Waals surface area contributed by atoms with Gasteiger partial charge < -0.3 is 5.11 Å². The first-order valence-corrected chi connectivity index (χ1v) is 8.03. The highest BCUT2D eigenvalue weighted by Gasteiger charge is 2.19. The van der Waals surface area contributed by atoms with E-state index in [2.05, 4.69) is 25.5 Å². The summed E-state index contributed by atoms with van der Waals surface area (Å²) in [7, 11) is -2.40. The van der Waals surface area contributed by atoms with Crippen LogP contribution in [-0.4, -0.2) is 37.4 Å². The minimum absolute atomic E-state index is 0.00428. The van der Waals surface area contributed by atoms with Gasteiger partial charge in [-0.05, 0) is 23.1 Å². The number of hydrogen-bond donors (Lipinski definition) is 2. The Morgan fingerprint density at radius 2 is 1.76 bits per heavy atom. The van der Waals surface area contributed by atoms with Crippen LogP contribution in [0.3, 0.4) is 0 Å². The Morgan fingerprint density at radius 3 is 2.19 bits per heavy atom. The molecule has 0 atom stereocenters. The largest absolute Gasteiger partial charge is 0.481 e. The van der Waals surface area contributed by atoms with Gasteiger partial charge in [-0.3, -0.25) is 9.52 Å². The summed E-state index contributed by atoms with van der Waals surface area (Å²) in [5, 5.41) is 8.58. The van der Waals surface area contributed by atoms with E-state index in [1.807, 2.05) is 12.1 Å². The van der Waals surface area contributed by atoms with Crippen LogP contribution >= 0.6 is 0 Å². The Bertz CT molecular complexity index is 588. The van der Waals surface area contributed by atoms with Gasteiger partial charge in [0.25, 0.3) is 0 Å². The van der Waals surface area contributed by atoms with Gasteiger partial charge in [-0.1, -0.05) is 32.9 Å². The van der Waals surface area contributed by atoms with E-state index in [1.54, 1.807) is 12.1 Å². The number of benzene rings is 1. The second-order valence-corrected chi connectivity index (χ2v) is 7.68. The molecule has 0 aliphatic carbocycles. The van der Waals surface area contributed by atoms with Crippen LogP contribution in [0.15, 0.2) is 24.3 Å². The zero-order valence-electron chi connectivity index (χ0n) is 12.8. The lowest BCUT2D eigenvalue weighted by molar-refractivity contribution is -0.137. The average molecular weight is 314 g/mol. The highest BCUT2D eigenvalue weighted by molar-refractivity contribution is 7.90. The fourth-order valence-electron chi connectivity index (χ4n) is 1.64. The average Bonchev–Trinajstić information content (AvgIpc) is 2.34. The third-order valence-corrected chi connectivity index (χ3v) is 4.55. The molecule has 1 aromatic carbocycles. The van der Waals surface area contributed by atoms with Crippen LogP contribution in [0.2, 0.25) is 0 Å². The number of rotatable bonds is 6. The lowest BCUT2D eigenvalue weighted by atomic mass is 9.87. The molecule has 0 spiro atoms. The fraction of sp³-hybridized carbons (Fsp3) is 0.500. The van der Waals surface area contributed by atoms with Crippen molar-refractivity contribution in [1.82, 2.24) is 4.31 Å². The second kappa shape index (κ2) is 6.44. The van der Waals surface area contributed by atoms with E-state index in [-0.39, 0.29) is 18.4 Å². The summed E-state index contributed by atoms with van der Waals surface area (Å²) in [6.07, 6.45) is -0.236. The predicted octanol–water partition coefficient (Wildman–Crippen LogP) is 2.05. The van der Waals surface area contributed by atoms with E-state index < -0.39 is 16.2 Å². The first-order valence-electron chi connectivity index (χ1n) is 6.59. The Morgan fingerprint density at radius 1 is 1.24 bits per heavy atom. The number of nitrogens with zero attached hydrogens (tertiary/aromatic N) is 1. The number of carbonyl (C=O) groups is 1. The standard InChI is InChI=1S/C14H22N2O4S/c1-14(2,3)11-5-7-12(8-6-11)15-21(19,20)16(4)10-9-13(17)18/h5-8,15H,9-10H2,1-4H3,(H,17,18). The number of nitrogens with one attached hydrogen (secondary N) is 1. The number of hydrogen-bond acceptors (Lipinski definition) is 3. The molecule has 0 fully saturated rings. The summed E-state index contributed by atoms with van der Waals surface area (Å²) in [6, 6.07) is 7.14. The molecule has 0 unspecified atom stereocenters. The van der Waals surface area contributed by atoms with Crippen molar-refractivity contribution in [3.63, 3.8) is 0 Å². The molecule has 0 aliphatic rings. The number of anilines is 1. The van der Waals surface area contributed by atoms with Gasteiger partial charge in [0.1, 0.15) is 0 Å². The topological polar surface area (TPSA) is 86.7 Å².